The first kappa shape index (κ1) is 17.7. The van der Waals surface area contributed by atoms with Gasteiger partial charge in [0, 0.05) is 36.1 Å². The van der Waals surface area contributed by atoms with Crippen LogP contribution in [0, 0.1) is 12.8 Å². The van der Waals surface area contributed by atoms with E-state index in [0.717, 1.165) is 23.5 Å². The summed E-state index contributed by atoms with van der Waals surface area (Å²) in [4.78, 5) is 15.8. The Bertz CT molecular complexity index is 928. The summed E-state index contributed by atoms with van der Waals surface area (Å²) in [6, 6.07) is 11.5. The minimum atomic E-state index is -3.43. The number of carbonyl (C=O) groups excluding carboxylic acids is 1. The molecule has 1 aromatic heterocycles. The Balaban J connectivity index is 1.43. The fraction of sp³-hybridized carbons (Fsp3) is 0.421. The molecule has 0 N–H and O–H groups in total. The van der Waals surface area contributed by atoms with Gasteiger partial charge in [-0.2, -0.15) is 4.31 Å². The Hall–Kier alpha value is -1.70. The first-order chi connectivity index (χ1) is 12.5. The molecule has 1 fully saturated rings. The Labute approximate surface area is 158 Å². The van der Waals surface area contributed by atoms with Crippen molar-refractivity contribution in [3.63, 3.8) is 0 Å². The molecule has 0 aliphatic carbocycles. The highest BCUT2D eigenvalue weighted by atomic mass is 32.2. The third kappa shape index (κ3) is 3.08. The number of thiophene rings is 1. The summed E-state index contributed by atoms with van der Waals surface area (Å²) in [6.07, 6.45) is 2.06. The second-order valence-corrected chi connectivity index (χ2v) is 10.4. The van der Waals surface area contributed by atoms with Gasteiger partial charge in [-0.05, 0) is 49.9 Å². The van der Waals surface area contributed by atoms with E-state index in [2.05, 4.69) is 6.07 Å². The van der Waals surface area contributed by atoms with E-state index >= 15 is 0 Å². The number of carbonyl (C=O) groups is 1. The standard InChI is InChI=1S/C19H22N2O3S2/c1-14-6-7-18(25-14)26(23,24)20-11-8-16(9-12-20)19(22)21-13-10-15-4-2-3-5-17(15)21/h2-7,16H,8-13H2,1H3. The van der Waals surface area contributed by atoms with Gasteiger partial charge >= 0.3 is 0 Å². The van der Waals surface area contributed by atoms with E-state index in [9.17, 15) is 13.2 Å². The molecule has 0 radical (unpaired) electrons. The highest BCUT2D eigenvalue weighted by Crippen LogP contribution is 2.32. The molecule has 5 nitrogen and oxygen atoms in total. The van der Waals surface area contributed by atoms with Gasteiger partial charge in [-0.15, -0.1) is 11.3 Å². The van der Waals surface area contributed by atoms with Crippen LogP contribution in [0.15, 0.2) is 40.6 Å². The summed E-state index contributed by atoms with van der Waals surface area (Å²) >= 11 is 1.30. The number of amides is 1. The lowest BCUT2D eigenvalue weighted by molar-refractivity contribution is -0.123. The summed E-state index contributed by atoms with van der Waals surface area (Å²) in [5, 5.41) is 0. The summed E-state index contributed by atoms with van der Waals surface area (Å²) in [5.74, 6) is 0.0386. The zero-order chi connectivity index (χ0) is 18.3. The van der Waals surface area contributed by atoms with Crippen LogP contribution in [-0.2, 0) is 21.2 Å². The number of sulfonamides is 1. The molecule has 2 aromatic rings. The van der Waals surface area contributed by atoms with Crippen LogP contribution < -0.4 is 4.90 Å². The minimum Gasteiger partial charge on any atom is -0.312 e. The number of benzene rings is 1. The van der Waals surface area contributed by atoms with Crippen LogP contribution in [0.2, 0.25) is 0 Å². The van der Waals surface area contributed by atoms with E-state index < -0.39 is 10.0 Å². The number of rotatable bonds is 3. The van der Waals surface area contributed by atoms with Crippen LogP contribution in [-0.4, -0.2) is 38.3 Å². The molecule has 0 bridgehead atoms. The first-order valence-corrected chi connectivity index (χ1v) is 11.2. The lowest BCUT2D eigenvalue weighted by Gasteiger charge is -2.32. The molecule has 0 spiro atoms. The first-order valence-electron chi connectivity index (χ1n) is 8.93. The molecule has 138 valence electrons. The molecule has 1 amide bonds. The van der Waals surface area contributed by atoms with Crippen molar-refractivity contribution in [1.82, 2.24) is 4.31 Å². The van der Waals surface area contributed by atoms with Gasteiger partial charge in [0.05, 0.1) is 0 Å². The van der Waals surface area contributed by atoms with Gasteiger partial charge in [-0.3, -0.25) is 4.79 Å². The summed E-state index contributed by atoms with van der Waals surface area (Å²) in [7, 11) is -3.43. The fourth-order valence-electron chi connectivity index (χ4n) is 3.81. The number of para-hydroxylation sites is 1. The lowest BCUT2D eigenvalue weighted by atomic mass is 9.96. The second kappa shape index (κ2) is 6.79. The molecule has 1 aromatic carbocycles. The number of nitrogens with zero attached hydrogens (tertiary/aromatic N) is 2. The van der Waals surface area contributed by atoms with E-state index in [0.29, 0.717) is 30.1 Å². The third-order valence-electron chi connectivity index (χ3n) is 5.27. The van der Waals surface area contributed by atoms with Gasteiger partial charge in [-0.25, -0.2) is 8.42 Å². The third-order valence-corrected chi connectivity index (χ3v) is 8.63. The number of aryl methyl sites for hydroxylation is 1. The van der Waals surface area contributed by atoms with Crippen LogP contribution in [0.3, 0.4) is 0 Å². The lowest BCUT2D eigenvalue weighted by Crippen LogP contribution is -2.44. The molecular formula is C19H22N2O3S2. The predicted molar refractivity (Wildman–Crippen MR) is 103 cm³/mol. The monoisotopic (exact) mass is 390 g/mol. The van der Waals surface area contributed by atoms with Crippen molar-refractivity contribution in [2.45, 2.75) is 30.4 Å². The van der Waals surface area contributed by atoms with Gasteiger partial charge in [0.25, 0.3) is 10.0 Å². The van der Waals surface area contributed by atoms with Gasteiger partial charge in [0.1, 0.15) is 4.21 Å². The normalized spacial score (nSPS) is 18.9. The maximum Gasteiger partial charge on any atom is 0.252 e. The van der Waals surface area contributed by atoms with Gasteiger partial charge in [-0.1, -0.05) is 18.2 Å². The van der Waals surface area contributed by atoms with E-state index in [1.54, 1.807) is 6.07 Å². The average Bonchev–Trinajstić information content (AvgIpc) is 3.28. The second-order valence-electron chi connectivity index (χ2n) is 6.91. The van der Waals surface area contributed by atoms with Gasteiger partial charge in [0.2, 0.25) is 5.91 Å². The predicted octanol–water partition coefficient (Wildman–Crippen LogP) is 3.05. The van der Waals surface area contributed by atoms with Crippen molar-refractivity contribution in [2.24, 2.45) is 5.92 Å². The van der Waals surface area contributed by atoms with Crippen LogP contribution >= 0.6 is 11.3 Å². The SMILES string of the molecule is Cc1ccc(S(=O)(=O)N2CCC(C(=O)N3CCc4ccccc43)CC2)s1. The molecule has 0 unspecified atom stereocenters. The highest BCUT2D eigenvalue weighted by Gasteiger charge is 2.36. The number of anilines is 1. The molecule has 26 heavy (non-hydrogen) atoms. The number of hydrogen-bond acceptors (Lipinski definition) is 4. The quantitative estimate of drug-likeness (QED) is 0.809. The number of hydrogen-bond donors (Lipinski definition) is 0. The Morgan fingerprint density at radius 2 is 1.81 bits per heavy atom. The van der Waals surface area contributed by atoms with Crippen LogP contribution in [0.4, 0.5) is 5.69 Å². The molecule has 7 heteroatoms. The summed E-state index contributed by atoms with van der Waals surface area (Å²) < 4.78 is 27.4. The zero-order valence-corrected chi connectivity index (χ0v) is 16.4. The molecular weight excluding hydrogens is 368 g/mol. The van der Waals surface area contributed by atoms with E-state index in [1.807, 2.05) is 36.1 Å². The Morgan fingerprint density at radius 1 is 1.08 bits per heavy atom. The number of piperidine rings is 1. The molecule has 3 heterocycles. The van der Waals surface area contributed by atoms with Crippen LogP contribution in [0.5, 0.6) is 0 Å². The number of fused-ring (bicyclic) bond motifs is 1. The topological polar surface area (TPSA) is 57.7 Å². The molecule has 2 aliphatic rings. The molecule has 4 rings (SSSR count). The van der Waals surface area contributed by atoms with Crippen molar-refractivity contribution >= 4 is 33.0 Å². The van der Waals surface area contributed by atoms with Gasteiger partial charge < -0.3 is 4.90 Å². The van der Waals surface area contributed by atoms with Crippen molar-refractivity contribution in [3.8, 4) is 0 Å². The minimum absolute atomic E-state index is 0.0994. The fourth-order valence-corrected chi connectivity index (χ4v) is 6.72. The smallest absolute Gasteiger partial charge is 0.252 e. The molecule has 1 saturated heterocycles. The summed E-state index contributed by atoms with van der Waals surface area (Å²) in [6.45, 7) is 3.45. The zero-order valence-electron chi connectivity index (χ0n) is 14.7. The van der Waals surface area contributed by atoms with E-state index in [1.165, 1.54) is 21.2 Å². The molecule has 2 aliphatic heterocycles. The maximum absolute atomic E-state index is 13.0. The Kier molecular flexibility index (Phi) is 4.62. The van der Waals surface area contributed by atoms with Crippen LogP contribution in [0.25, 0.3) is 0 Å². The Morgan fingerprint density at radius 3 is 2.50 bits per heavy atom. The van der Waals surface area contributed by atoms with Crippen molar-refractivity contribution in [1.29, 1.82) is 0 Å². The van der Waals surface area contributed by atoms with Crippen molar-refractivity contribution in [2.75, 3.05) is 24.5 Å². The maximum atomic E-state index is 13.0. The molecule has 0 saturated carbocycles. The van der Waals surface area contributed by atoms with E-state index in [4.69, 9.17) is 0 Å². The summed E-state index contributed by atoms with van der Waals surface area (Å²) in [5.41, 5.74) is 2.23. The molecule has 0 atom stereocenters. The van der Waals surface area contributed by atoms with Crippen LogP contribution in [0.1, 0.15) is 23.3 Å². The largest absolute Gasteiger partial charge is 0.312 e. The van der Waals surface area contributed by atoms with Gasteiger partial charge in [0.15, 0.2) is 0 Å². The van der Waals surface area contributed by atoms with Crippen molar-refractivity contribution < 1.29 is 13.2 Å². The van der Waals surface area contributed by atoms with E-state index in [-0.39, 0.29) is 11.8 Å². The van der Waals surface area contributed by atoms with Crippen molar-refractivity contribution in [3.05, 3.63) is 46.8 Å². The highest BCUT2D eigenvalue weighted by molar-refractivity contribution is 7.91. The average molecular weight is 391 g/mol.